The smallest absolute Gasteiger partial charge is 0.0474 e. The fourth-order valence-corrected chi connectivity index (χ4v) is 3.68. The highest BCUT2D eigenvalue weighted by Gasteiger charge is 2.23. The van der Waals surface area contributed by atoms with Crippen molar-refractivity contribution in [2.45, 2.75) is 57.5 Å². The molecule has 2 nitrogen and oxygen atoms in total. The van der Waals surface area contributed by atoms with Gasteiger partial charge in [0, 0.05) is 19.2 Å². The van der Waals surface area contributed by atoms with Gasteiger partial charge in [0.05, 0.1) is 0 Å². The predicted octanol–water partition coefficient (Wildman–Crippen LogP) is 2.82. The van der Waals surface area contributed by atoms with Crippen LogP contribution < -0.4 is 5.32 Å². The Kier molecular flexibility index (Phi) is 4.19. The van der Waals surface area contributed by atoms with Crippen LogP contribution in [0.25, 0.3) is 0 Å². The summed E-state index contributed by atoms with van der Waals surface area (Å²) in [4.78, 5) is 0. The Morgan fingerprint density at radius 2 is 1.89 bits per heavy atom. The van der Waals surface area contributed by atoms with Crippen LogP contribution in [0.5, 0.6) is 0 Å². The van der Waals surface area contributed by atoms with Gasteiger partial charge in [-0.2, -0.15) is 0 Å². The predicted molar refractivity (Wildman–Crippen MR) is 78.1 cm³/mol. The number of aliphatic hydroxyl groups is 1. The van der Waals surface area contributed by atoms with Crippen LogP contribution in [0, 0.1) is 5.92 Å². The van der Waals surface area contributed by atoms with Gasteiger partial charge in [0.25, 0.3) is 0 Å². The molecule has 19 heavy (non-hydrogen) atoms. The van der Waals surface area contributed by atoms with Gasteiger partial charge in [-0.3, -0.25) is 0 Å². The molecule has 0 aliphatic heterocycles. The lowest BCUT2D eigenvalue weighted by Gasteiger charge is -2.31. The molecule has 1 aromatic rings. The SMILES string of the molecule is OCC1CCCCC1NCc1ccc2c(c1)CCC2. The summed E-state index contributed by atoms with van der Waals surface area (Å²) in [5, 5.41) is 13.1. The molecule has 2 unspecified atom stereocenters. The van der Waals surface area contributed by atoms with E-state index in [4.69, 9.17) is 0 Å². The number of rotatable bonds is 4. The molecule has 2 atom stereocenters. The summed E-state index contributed by atoms with van der Waals surface area (Å²) < 4.78 is 0. The van der Waals surface area contributed by atoms with E-state index in [-0.39, 0.29) is 0 Å². The standard InChI is InChI=1S/C17H25NO/c19-12-16-4-1-2-7-17(16)18-11-13-8-9-14-5-3-6-15(14)10-13/h8-10,16-19H,1-7,11-12H2. The summed E-state index contributed by atoms with van der Waals surface area (Å²) in [5.74, 6) is 0.461. The second kappa shape index (κ2) is 6.06. The number of aryl methyl sites for hydroxylation is 2. The summed E-state index contributed by atoms with van der Waals surface area (Å²) in [6, 6.07) is 7.47. The second-order valence-electron chi connectivity index (χ2n) is 6.17. The minimum atomic E-state index is 0.335. The van der Waals surface area contributed by atoms with Crippen molar-refractivity contribution in [3.8, 4) is 0 Å². The molecule has 0 amide bonds. The number of nitrogens with one attached hydrogen (secondary N) is 1. The lowest BCUT2D eigenvalue weighted by Crippen LogP contribution is -2.39. The van der Waals surface area contributed by atoms with Gasteiger partial charge in [-0.1, -0.05) is 31.0 Å². The zero-order chi connectivity index (χ0) is 13.1. The van der Waals surface area contributed by atoms with Crippen molar-refractivity contribution in [3.05, 3.63) is 34.9 Å². The van der Waals surface area contributed by atoms with Crippen LogP contribution in [0.2, 0.25) is 0 Å². The van der Waals surface area contributed by atoms with Crippen molar-refractivity contribution in [2.24, 2.45) is 5.92 Å². The summed E-state index contributed by atoms with van der Waals surface area (Å²) in [6.07, 6.45) is 8.82. The molecule has 0 bridgehead atoms. The topological polar surface area (TPSA) is 32.3 Å². The molecular formula is C17H25NO. The summed E-state index contributed by atoms with van der Waals surface area (Å²) in [6.45, 7) is 1.29. The van der Waals surface area contributed by atoms with Crippen molar-refractivity contribution in [2.75, 3.05) is 6.61 Å². The van der Waals surface area contributed by atoms with Crippen molar-refractivity contribution in [3.63, 3.8) is 0 Å². The summed E-state index contributed by atoms with van der Waals surface area (Å²) in [7, 11) is 0. The molecule has 2 heteroatoms. The molecule has 2 aliphatic rings. The van der Waals surface area contributed by atoms with Crippen LogP contribution in [-0.4, -0.2) is 17.8 Å². The third-order valence-corrected chi connectivity index (χ3v) is 4.87. The van der Waals surface area contributed by atoms with Crippen LogP contribution in [0.4, 0.5) is 0 Å². The molecule has 1 fully saturated rings. The van der Waals surface area contributed by atoms with Gasteiger partial charge in [0.1, 0.15) is 0 Å². The van der Waals surface area contributed by atoms with E-state index in [2.05, 4.69) is 23.5 Å². The van der Waals surface area contributed by atoms with Crippen molar-refractivity contribution < 1.29 is 5.11 Å². The fraction of sp³-hybridized carbons (Fsp3) is 0.647. The fourth-order valence-electron chi connectivity index (χ4n) is 3.68. The number of benzene rings is 1. The summed E-state index contributed by atoms with van der Waals surface area (Å²) >= 11 is 0. The van der Waals surface area contributed by atoms with Gasteiger partial charge in [0.15, 0.2) is 0 Å². The van der Waals surface area contributed by atoms with Gasteiger partial charge in [-0.05, 0) is 54.7 Å². The monoisotopic (exact) mass is 259 g/mol. The largest absolute Gasteiger partial charge is 0.396 e. The third-order valence-electron chi connectivity index (χ3n) is 4.87. The van der Waals surface area contributed by atoms with Crippen molar-refractivity contribution in [1.29, 1.82) is 0 Å². The zero-order valence-electron chi connectivity index (χ0n) is 11.7. The molecular weight excluding hydrogens is 234 g/mol. The van der Waals surface area contributed by atoms with Crippen LogP contribution in [-0.2, 0) is 19.4 Å². The van der Waals surface area contributed by atoms with Crippen molar-refractivity contribution in [1.82, 2.24) is 5.32 Å². The van der Waals surface area contributed by atoms with Gasteiger partial charge in [0.2, 0.25) is 0 Å². The third kappa shape index (κ3) is 3.01. The average molecular weight is 259 g/mol. The van der Waals surface area contributed by atoms with E-state index < -0.39 is 0 Å². The molecule has 3 rings (SSSR count). The first kappa shape index (κ1) is 13.1. The second-order valence-corrected chi connectivity index (χ2v) is 6.17. The Morgan fingerprint density at radius 1 is 1.05 bits per heavy atom. The van der Waals surface area contributed by atoms with Gasteiger partial charge < -0.3 is 10.4 Å². The minimum Gasteiger partial charge on any atom is -0.396 e. The van der Waals surface area contributed by atoms with E-state index in [0.29, 0.717) is 18.6 Å². The minimum absolute atomic E-state index is 0.335. The molecule has 0 heterocycles. The Hall–Kier alpha value is -0.860. The number of hydrogen-bond acceptors (Lipinski definition) is 2. The maximum Gasteiger partial charge on any atom is 0.0474 e. The van der Waals surface area contributed by atoms with E-state index in [9.17, 15) is 5.11 Å². The van der Waals surface area contributed by atoms with E-state index >= 15 is 0 Å². The number of aliphatic hydroxyl groups excluding tert-OH is 1. The highest BCUT2D eigenvalue weighted by atomic mass is 16.3. The van der Waals surface area contributed by atoms with Gasteiger partial charge >= 0.3 is 0 Å². The zero-order valence-corrected chi connectivity index (χ0v) is 11.7. The molecule has 104 valence electrons. The van der Waals surface area contributed by atoms with Crippen LogP contribution in [0.3, 0.4) is 0 Å². The molecule has 0 spiro atoms. The Bertz CT molecular complexity index is 429. The molecule has 0 radical (unpaired) electrons. The molecule has 2 aliphatic carbocycles. The maximum atomic E-state index is 9.45. The maximum absolute atomic E-state index is 9.45. The normalized spacial score (nSPS) is 26.4. The quantitative estimate of drug-likeness (QED) is 0.871. The molecule has 1 saturated carbocycles. The lowest BCUT2D eigenvalue weighted by molar-refractivity contribution is 0.152. The molecule has 2 N–H and O–H groups in total. The first-order valence-corrected chi connectivity index (χ1v) is 7.82. The summed E-state index contributed by atoms with van der Waals surface area (Å²) in [5.41, 5.74) is 4.51. The Morgan fingerprint density at radius 3 is 2.79 bits per heavy atom. The van der Waals surface area contributed by atoms with E-state index in [1.165, 1.54) is 50.5 Å². The van der Waals surface area contributed by atoms with E-state index in [1.807, 2.05) is 0 Å². The average Bonchev–Trinajstić information content (AvgIpc) is 2.93. The van der Waals surface area contributed by atoms with Gasteiger partial charge in [-0.15, -0.1) is 0 Å². The molecule has 1 aromatic carbocycles. The van der Waals surface area contributed by atoms with E-state index in [0.717, 1.165) is 6.54 Å². The first-order valence-electron chi connectivity index (χ1n) is 7.82. The van der Waals surface area contributed by atoms with Crippen LogP contribution in [0.15, 0.2) is 18.2 Å². The van der Waals surface area contributed by atoms with Crippen LogP contribution >= 0.6 is 0 Å². The highest BCUT2D eigenvalue weighted by molar-refractivity contribution is 5.35. The van der Waals surface area contributed by atoms with Gasteiger partial charge in [-0.25, -0.2) is 0 Å². The highest BCUT2D eigenvalue weighted by Crippen LogP contribution is 2.25. The van der Waals surface area contributed by atoms with E-state index in [1.54, 1.807) is 11.1 Å². The van der Waals surface area contributed by atoms with Crippen molar-refractivity contribution >= 4 is 0 Å². The van der Waals surface area contributed by atoms with Crippen LogP contribution in [0.1, 0.15) is 48.8 Å². The number of hydrogen-bond donors (Lipinski definition) is 2. The number of fused-ring (bicyclic) bond motifs is 1. The molecule has 0 saturated heterocycles. The Balaban J connectivity index is 1.59. The first-order chi connectivity index (χ1) is 9.36. The molecule has 0 aromatic heterocycles. The Labute approximate surface area is 116 Å². The lowest BCUT2D eigenvalue weighted by atomic mass is 9.85.